The smallest absolute Gasteiger partial charge is 0.358 e. The van der Waals surface area contributed by atoms with E-state index in [1.165, 1.54) is 20.0 Å². The summed E-state index contributed by atoms with van der Waals surface area (Å²) >= 11 is 0. The summed E-state index contributed by atoms with van der Waals surface area (Å²) in [6, 6.07) is -0.699. The van der Waals surface area contributed by atoms with Crippen molar-refractivity contribution >= 4 is 5.91 Å². The highest BCUT2D eigenvalue weighted by Crippen LogP contribution is 2.38. The van der Waals surface area contributed by atoms with Gasteiger partial charge in [0.15, 0.2) is 0 Å². The zero-order chi connectivity index (χ0) is 19.4. The molecule has 4 nitrogen and oxygen atoms in total. The fourth-order valence-electron chi connectivity index (χ4n) is 2.21. The Morgan fingerprint density at radius 3 is 2.24 bits per heavy atom. The van der Waals surface area contributed by atoms with E-state index in [0.717, 1.165) is 6.07 Å². The van der Waals surface area contributed by atoms with Crippen molar-refractivity contribution in [2.75, 3.05) is 7.05 Å². The molecule has 1 aromatic carbocycles. The molecular formula is C15H15F6N3O. The second-order valence-electron chi connectivity index (χ2n) is 5.13. The van der Waals surface area contributed by atoms with Gasteiger partial charge >= 0.3 is 12.4 Å². The van der Waals surface area contributed by atoms with Crippen LogP contribution in [0.25, 0.3) is 0 Å². The Morgan fingerprint density at radius 2 is 1.84 bits per heavy atom. The van der Waals surface area contributed by atoms with E-state index in [2.05, 4.69) is 5.32 Å². The molecule has 25 heavy (non-hydrogen) atoms. The van der Waals surface area contributed by atoms with Crippen LogP contribution in [0.5, 0.6) is 0 Å². The number of halogens is 6. The zero-order valence-corrected chi connectivity index (χ0v) is 13.2. The lowest BCUT2D eigenvalue weighted by Crippen LogP contribution is -2.47. The van der Waals surface area contributed by atoms with Crippen molar-refractivity contribution in [2.45, 2.75) is 37.8 Å². The summed E-state index contributed by atoms with van der Waals surface area (Å²) in [5, 5.41) is 12.9. The van der Waals surface area contributed by atoms with Gasteiger partial charge in [0.25, 0.3) is 0 Å². The fraction of sp³-hybridized carbons (Fsp3) is 0.467. The van der Waals surface area contributed by atoms with Crippen LogP contribution in [0.3, 0.4) is 0 Å². The third-order valence-corrected chi connectivity index (χ3v) is 3.47. The largest absolute Gasteiger partial charge is 0.417 e. The Balaban J connectivity index is 3.39. The van der Waals surface area contributed by atoms with Crippen LogP contribution in [0.4, 0.5) is 26.3 Å². The Kier molecular flexibility index (Phi) is 6.42. The number of rotatable bonds is 5. The van der Waals surface area contributed by atoms with Crippen molar-refractivity contribution in [2.24, 2.45) is 0 Å². The average Bonchev–Trinajstić information content (AvgIpc) is 2.52. The number of amides is 1. The van der Waals surface area contributed by atoms with Gasteiger partial charge in [-0.15, -0.1) is 0 Å². The van der Waals surface area contributed by atoms with Crippen molar-refractivity contribution in [1.82, 2.24) is 10.6 Å². The minimum atomic E-state index is -4.98. The molecule has 0 saturated heterocycles. The summed E-state index contributed by atoms with van der Waals surface area (Å²) in [6.07, 6.45) is -9.94. The number of carbonyl (C=O) groups is 1. The third kappa shape index (κ3) is 5.09. The molecule has 0 radical (unpaired) electrons. The summed E-state index contributed by atoms with van der Waals surface area (Å²) in [6.45, 7) is 1.46. The minimum absolute atomic E-state index is 0.00530. The van der Waals surface area contributed by atoms with Crippen LogP contribution < -0.4 is 10.6 Å². The average molecular weight is 367 g/mol. The van der Waals surface area contributed by atoms with Crippen LogP contribution in [0, 0.1) is 11.3 Å². The number of hydrogen-bond donors (Lipinski definition) is 2. The van der Waals surface area contributed by atoms with Crippen LogP contribution in [-0.2, 0) is 11.0 Å². The molecule has 0 aliphatic rings. The highest BCUT2D eigenvalue weighted by atomic mass is 19.4. The molecule has 0 fully saturated rings. The molecular weight excluding hydrogens is 352 g/mol. The first kappa shape index (κ1) is 20.8. The number of hydrogen-bond acceptors (Lipinski definition) is 3. The fourth-order valence-corrected chi connectivity index (χ4v) is 2.21. The second-order valence-corrected chi connectivity index (χ2v) is 5.13. The zero-order valence-electron chi connectivity index (χ0n) is 13.2. The lowest BCUT2D eigenvalue weighted by atomic mass is 9.98. The van der Waals surface area contributed by atoms with Gasteiger partial charge in [-0.3, -0.25) is 10.1 Å². The van der Waals surface area contributed by atoms with E-state index in [1.54, 1.807) is 0 Å². The maximum atomic E-state index is 13.3. The van der Waals surface area contributed by atoms with Crippen molar-refractivity contribution < 1.29 is 31.1 Å². The van der Waals surface area contributed by atoms with E-state index in [9.17, 15) is 31.1 Å². The van der Waals surface area contributed by atoms with Gasteiger partial charge in [0, 0.05) is 7.05 Å². The van der Waals surface area contributed by atoms with Crippen LogP contribution in [-0.4, -0.2) is 25.2 Å². The molecule has 0 bridgehead atoms. The van der Waals surface area contributed by atoms with Crippen molar-refractivity contribution in [3.8, 4) is 6.07 Å². The van der Waals surface area contributed by atoms with Crippen LogP contribution in [0.2, 0.25) is 0 Å². The topological polar surface area (TPSA) is 64.9 Å². The van der Waals surface area contributed by atoms with Gasteiger partial charge in [0.2, 0.25) is 5.91 Å². The van der Waals surface area contributed by atoms with Crippen molar-refractivity contribution in [3.05, 3.63) is 34.9 Å². The summed E-state index contributed by atoms with van der Waals surface area (Å²) in [5.41, 5.74) is -2.98. The molecule has 1 rings (SSSR count). The lowest BCUT2D eigenvalue weighted by Gasteiger charge is -2.27. The molecule has 1 amide bonds. The van der Waals surface area contributed by atoms with Crippen molar-refractivity contribution in [3.63, 3.8) is 0 Å². The highest BCUT2D eigenvalue weighted by molar-refractivity contribution is 5.81. The third-order valence-electron chi connectivity index (χ3n) is 3.47. The molecule has 0 aliphatic heterocycles. The Labute approximate surface area is 139 Å². The Hall–Kier alpha value is -2.28. The second kappa shape index (κ2) is 7.74. The van der Waals surface area contributed by atoms with Gasteiger partial charge in [-0.25, -0.2) is 0 Å². The summed E-state index contributed by atoms with van der Waals surface area (Å²) < 4.78 is 78.9. The van der Waals surface area contributed by atoms with Gasteiger partial charge in [-0.2, -0.15) is 31.6 Å². The molecule has 2 unspecified atom stereocenters. The summed E-state index contributed by atoms with van der Waals surface area (Å²) in [7, 11) is 1.23. The molecule has 138 valence electrons. The van der Waals surface area contributed by atoms with E-state index in [4.69, 9.17) is 5.26 Å². The minimum Gasteiger partial charge on any atom is -0.358 e. The maximum Gasteiger partial charge on any atom is 0.417 e. The predicted molar refractivity (Wildman–Crippen MR) is 76.2 cm³/mol. The van der Waals surface area contributed by atoms with E-state index in [0.29, 0.717) is 6.07 Å². The molecule has 0 aromatic heterocycles. The normalized spacial score (nSPS) is 14.5. The van der Waals surface area contributed by atoms with Crippen LogP contribution >= 0.6 is 0 Å². The molecule has 0 saturated carbocycles. The molecule has 10 heteroatoms. The van der Waals surface area contributed by atoms with Gasteiger partial charge in [-0.1, -0.05) is 13.0 Å². The molecule has 0 spiro atoms. The van der Waals surface area contributed by atoms with Gasteiger partial charge < -0.3 is 5.32 Å². The van der Waals surface area contributed by atoms with E-state index >= 15 is 0 Å². The number of nitrogens with one attached hydrogen (secondary N) is 2. The highest BCUT2D eigenvalue weighted by Gasteiger charge is 2.44. The Bertz CT molecular complexity index is 663. The monoisotopic (exact) mass is 367 g/mol. The number of carbonyl (C=O) groups excluding carboxylic acids is 1. The van der Waals surface area contributed by atoms with Gasteiger partial charge in [0.1, 0.15) is 6.04 Å². The van der Waals surface area contributed by atoms with E-state index < -0.39 is 47.0 Å². The Morgan fingerprint density at radius 1 is 1.24 bits per heavy atom. The summed E-state index contributed by atoms with van der Waals surface area (Å²) in [5.74, 6) is -0.721. The number of benzene rings is 1. The quantitative estimate of drug-likeness (QED) is 0.785. The first-order valence-electron chi connectivity index (χ1n) is 7.11. The lowest BCUT2D eigenvalue weighted by molar-refractivity contribution is -0.161. The van der Waals surface area contributed by atoms with E-state index in [-0.39, 0.29) is 12.5 Å². The summed E-state index contributed by atoms with van der Waals surface area (Å²) in [4.78, 5) is 11.6. The molecule has 2 atom stereocenters. The van der Waals surface area contributed by atoms with Crippen LogP contribution in [0.1, 0.15) is 36.1 Å². The molecule has 2 N–H and O–H groups in total. The molecule has 0 aliphatic carbocycles. The number of nitriles is 1. The maximum absolute atomic E-state index is 13.3. The predicted octanol–water partition coefficient (Wildman–Crippen LogP) is 3.29. The van der Waals surface area contributed by atoms with Crippen molar-refractivity contribution in [1.29, 1.82) is 5.26 Å². The molecule has 0 heterocycles. The first-order chi connectivity index (χ1) is 11.5. The molecule has 1 aromatic rings. The van der Waals surface area contributed by atoms with Crippen LogP contribution in [0.15, 0.2) is 18.2 Å². The standard InChI is InChI=1S/C15H15F6N3O/c1-3-11(13(25)23-2)24-12(15(19,20)21)8-4-5-9(7-22)10(6-8)14(16,17)18/h4-6,11-12,24H,3H2,1-2H3,(H,23,25). The number of nitrogens with zero attached hydrogens (tertiary/aromatic N) is 1. The van der Waals surface area contributed by atoms with E-state index in [1.807, 2.05) is 5.32 Å². The number of likely N-dealkylation sites (N-methyl/N-ethyl adjacent to an activating group) is 1. The first-order valence-corrected chi connectivity index (χ1v) is 7.11. The number of alkyl halides is 6. The van der Waals surface area contributed by atoms with Gasteiger partial charge in [-0.05, 0) is 24.1 Å². The van der Waals surface area contributed by atoms with Gasteiger partial charge in [0.05, 0.1) is 23.2 Å². The SMILES string of the molecule is CCC(NC(c1ccc(C#N)c(C(F)(F)F)c1)C(F)(F)F)C(=O)NC.